The third kappa shape index (κ3) is 3.33. The Labute approximate surface area is 120 Å². The van der Waals surface area contributed by atoms with Gasteiger partial charge in [-0.25, -0.2) is 0 Å². The van der Waals surface area contributed by atoms with Crippen LogP contribution in [0.2, 0.25) is 0 Å². The van der Waals surface area contributed by atoms with Crippen molar-refractivity contribution in [3.8, 4) is 0 Å². The van der Waals surface area contributed by atoms with Crippen LogP contribution in [0.1, 0.15) is 52.4 Å². The van der Waals surface area contributed by atoms with Crippen molar-refractivity contribution in [1.29, 1.82) is 0 Å². The van der Waals surface area contributed by atoms with E-state index in [1.165, 1.54) is 6.42 Å². The molecule has 2 bridgehead atoms. The summed E-state index contributed by atoms with van der Waals surface area (Å²) in [5, 5.41) is 8.52. The van der Waals surface area contributed by atoms with Gasteiger partial charge < -0.3 is 9.84 Å². The SMILES string of the molecule is CC1C2CC(C(=O)OCCCCCC(=O)O)C(C2)C1C. The first-order valence-corrected chi connectivity index (χ1v) is 7.89. The summed E-state index contributed by atoms with van der Waals surface area (Å²) in [5.74, 6) is 1.96. The van der Waals surface area contributed by atoms with Gasteiger partial charge in [-0.15, -0.1) is 0 Å². The molecule has 0 aliphatic heterocycles. The van der Waals surface area contributed by atoms with Gasteiger partial charge in [0.2, 0.25) is 0 Å². The van der Waals surface area contributed by atoms with Crippen molar-refractivity contribution in [2.24, 2.45) is 29.6 Å². The number of carboxylic acid groups (broad SMARTS) is 1. The molecule has 2 rings (SSSR count). The summed E-state index contributed by atoms with van der Waals surface area (Å²) in [6, 6.07) is 0. The summed E-state index contributed by atoms with van der Waals surface area (Å²) in [6.07, 6.45) is 4.65. The quantitative estimate of drug-likeness (QED) is 0.575. The van der Waals surface area contributed by atoms with Crippen molar-refractivity contribution in [3.63, 3.8) is 0 Å². The summed E-state index contributed by atoms with van der Waals surface area (Å²) in [7, 11) is 0. The minimum Gasteiger partial charge on any atom is -0.481 e. The average Bonchev–Trinajstić information content (AvgIpc) is 2.94. The zero-order valence-corrected chi connectivity index (χ0v) is 12.5. The minimum absolute atomic E-state index is 0.0190. The topological polar surface area (TPSA) is 63.6 Å². The molecule has 0 radical (unpaired) electrons. The highest BCUT2D eigenvalue weighted by Gasteiger charge is 2.51. The molecule has 4 heteroatoms. The predicted molar refractivity (Wildman–Crippen MR) is 75.1 cm³/mol. The number of esters is 1. The molecule has 0 heterocycles. The third-order valence-electron chi connectivity index (χ3n) is 5.48. The Morgan fingerprint density at radius 1 is 1.10 bits per heavy atom. The number of rotatable bonds is 7. The molecule has 114 valence electrons. The Morgan fingerprint density at radius 3 is 2.45 bits per heavy atom. The molecule has 2 saturated carbocycles. The lowest BCUT2D eigenvalue weighted by Gasteiger charge is -2.30. The van der Waals surface area contributed by atoms with Gasteiger partial charge in [-0.1, -0.05) is 13.8 Å². The molecule has 20 heavy (non-hydrogen) atoms. The number of fused-ring (bicyclic) bond motifs is 2. The molecule has 1 N–H and O–H groups in total. The van der Waals surface area contributed by atoms with Gasteiger partial charge >= 0.3 is 11.9 Å². The fourth-order valence-electron chi connectivity index (χ4n) is 4.05. The van der Waals surface area contributed by atoms with Crippen LogP contribution in [0.4, 0.5) is 0 Å². The number of carbonyl (C=O) groups is 2. The predicted octanol–water partition coefficient (Wildman–Crippen LogP) is 3.10. The van der Waals surface area contributed by atoms with Gasteiger partial charge in [-0.3, -0.25) is 9.59 Å². The maximum absolute atomic E-state index is 12.1. The second-order valence-electron chi connectivity index (χ2n) is 6.59. The van der Waals surface area contributed by atoms with Crippen molar-refractivity contribution in [3.05, 3.63) is 0 Å². The molecule has 0 aromatic rings. The minimum atomic E-state index is -0.757. The molecule has 2 fully saturated rings. The van der Waals surface area contributed by atoms with Gasteiger partial charge in [-0.05, 0) is 55.8 Å². The van der Waals surface area contributed by atoms with E-state index >= 15 is 0 Å². The van der Waals surface area contributed by atoms with E-state index in [2.05, 4.69) is 13.8 Å². The Balaban J connectivity index is 1.63. The van der Waals surface area contributed by atoms with E-state index in [0.29, 0.717) is 30.8 Å². The monoisotopic (exact) mass is 282 g/mol. The standard InChI is InChI=1S/C16H26O4/c1-10-11(2)13-8-12(10)9-14(13)16(19)20-7-5-3-4-6-15(17)18/h10-14H,3-9H2,1-2H3,(H,17,18). The zero-order valence-electron chi connectivity index (χ0n) is 12.5. The van der Waals surface area contributed by atoms with E-state index in [1.807, 2.05) is 0 Å². The van der Waals surface area contributed by atoms with E-state index in [-0.39, 0.29) is 18.3 Å². The van der Waals surface area contributed by atoms with Crippen LogP contribution in [0, 0.1) is 29.6 Å². The van der Waals surface area contributed by atoms with Gasteiger partial charge in [0.05, 0.1) is 12.5 Å². The van der Waals surface area contributed by atoms with E-state index in [4.69, 9.17) is 9.84 Å². The number of carbonyl (C=O) groups excluding carboxylic acids is 1. The molecule has 0 spiro atoms. The third-order valence-corrected chi connectivity index (χ3v) is 5.48. The Hall–Kier alpha value is -1.06. The summed E-state index contributed by atoms with van der Waals surface area (Å²) in [4.78, 5) is 22.5. The molecule has 4 nitrogen and oxygen atoms in total. The number of ether oxygens (including phenoxy) is 1. The molecule has 0 aromatic heterocycles. The van der Waals surface area contributed by atoms with Crippen molar-refractivity contribution in [2.45, 2.75) is 52.4 Å². The second-order valence-corrected chi connectivity index (χ2v) is 6.59. The van der Waals surface area contributed by atoms with Crippen LogP contribution in [0.15, 0.2) is 0 Å². The van der Waals surface area contributed by atoms with Gasteiger partial charge in [0.25, 0.3) is 0 Å². The Morgan fingerprint density at radius 2 is 1.85 bits per heavy atom. The van der Waals surface area contributed by atoms with Crippen molar-refractivity contribution >= 4 is 11.9 Å². The maximum Gasteiger partial charge on any atom is 0.309 e. The lowest BCUT2D eigenvalue weighted by Crippen LogP contribution is -2.31. The molecular weight excluding hydrogens is 256 g/mol. The van der Waals surface area contributed by atoms with Gasteiger partial charge in [0, 0.05) is 6.42 Å². The van der Waals surface area contributed by atoms with E-state index in [1.54, 1.807) is 0 Å². The normalized spacial score (nSPS) is 35.2. The van der Waals surface area contributed by atoms with Crippen LogP contribution < -0.4 is 0 Å². The second kappa shape index (κ2) is 6.59. The highest BCUT2D eigenvalue weighted by Crippen LogP contribution is 2.55. The first kappa shape index (κ1) is 15.3. The molecule has 2 aliphatic carbocycles. The van der Waals surface area contributed by atoms with Crippen molar-refractivity contribution in [2.75, 3.05) is 6.61 Å². The summed E-state index contributed by atoms with van der Waals surface area (Å²) >= 11 is 0. The largest absolute Gasteiger partial charge is 0.481 e. The van der Waals surface area contributed by atoms with Crippen LogP contribution in [0.3, 0.4) is 0 Å². The summed E-state index contributed by atoms with van der Waals surface area (Å²) in [5.41, 5.74) is 0. The van der Waals surface area contributed by atoms with Crippen molar-refractivity contribution < 1.29 is 19.4 Å². The number of hydrogen-bond donors (Lipinski definition) is 1. The lowest BCUT2D eigenvalue weighted by molar-refractivity contribution is -0.151. The van der Waals surface area contributed by atoms with Crippen LogP contribution in [0.25, 0.3) is 0 Å². The molecular formula is C16H26O4. The zero-order chi connectivity index (χ0) is 14.7. The summed E-state index contributed by atoms with van der Waals surface area (Å²) < 4.78 is 5.38. The highest BCUT2D eigenvalue weighted by molar-refractivity contribution is 5.73. The van der Waals surface area contributed by atoms with Crippen LogP contribution in [-0.2, 0) is 14.3 Å². The lowest BCUT2D eigenvalue weighted by atomic mass is 9.76. The van der Waals surface area contributed by atoms with Crippen LogP contribution in [-0.4, -0.2) is 23.7 Å². The Bertz CT molecular complexity index is 363. The summed E-state index contributed by atoms with van der Waals surface area (Å²) in [6.45, 7) is 5.01. The van der Waals surface area contributed by atoms with E-state index in [0.717, 1.165) is 25.2 Å². The molecule has 0 saturated heterocycles. The van der Waals surface area contributed by atoms with E-state index < -0.39 is 5.97 Å². The number of aliphatic carboxylic acids is 1. The van der Waals surface area contributed by atoms with Crippen molar-refractivity contribution in [1.82, 2.24) is 0 Å². The molecule has 2 aliphatic rings. The number of unbranched alkanes of at least 4 members (excludes halogenated alkanes) is 2. The maximum atomic E-state index is 12.1. The molecule has 0 aromatic carbocycles. The first-order chi connectivity index (χ1) is 9.50. The Kier molecular flexibility index (Phi) is 5.06. The fraction of sp³-hybridized carbons (Fsp3) is 0.875. The van der Waals surface area contributed by atoms with E-state index in [9.17, 15) is 9.59 Å². The highest BCUT2D eigenvalue weighted by atomic mass is 16.5. The van der Waals surface area contributed by atoms with Crippen LogP contribution >= 0.6 is 0 Å². The molecule has 5 atom stereocenters. The number of hydrogen-bond acceptors (Lipinski definition) is 3. The van der Waals surface area contributed by atoms with Crippen LogP contribution in [0.5, 0.6) is 0 Å². The molecule has 0 amide bonds. The number of carboxylic acids is 1. The van der Waals surface area contributed by atoms with Gasteiger partial charge in [0.1, 0.15) is 0 Å². The van der Waals surface area contributed by atoms with Gasteiger partial charge in [-0.2, -0.15) is 0 Å². The smallest absolute Gasteiger partial charge is 0.309 e. The average molecular weight is 282 g/mol. The fourth-order valence-corrected chi connectivity index (χ4v) is 4.05. The van der Waals surface area contributed by atoms with Gasteiger partial charge in [0.15, 0.2) is 0 Å². The first-order valence-electron chi connectivity index (χ1n) is 7.89. The molecule has 5 unspecified atom stereocenters.